The molecule has 2 amide bonds. The SMILES string of the molecule is CC(C(=O)O)N(C)C(=O)CC(NC(=O)OCC1c2ccccc2-c2ccccc21)C1CCCC1. The van der Waals surface area contributed by atoms with Gasteiger partial charge in [-0.1, -0.05) is 61.4 Å². The lowest BCUT2D eigenvalue weighted by Crippen LogP contribution is -2.46. The molecule has 0 aliphatic heterocycles. The predicted molar refractivity (Wildman–Crippen MR) is 128 cm³/mol. The molecular weight excluding hydrogens is 432 g/mol. The van der Waals surface area contributed by atoms with E-state index in [0.717, 1.165) is 47.9 Å². The summed E-state index contributed by atoms with van der Waals surface area (Å²) in [7, 11) is 1.49. The summed E-state index contributed by atoms with van der Waals surface area (Å²) < 4.78 is 5.69. The van der Waals surface area contributed by atoms with Crippen LogP contribution in [0, 0.1) is 5.92 Å². The highest BCUT2D eigenvalue weighted by molar-refractivity contribution is 5.84. The molecule has 7 heteroatoms. The van der Waals surface area contributed by atoms with E-state index in [-0.39, 0.29) is 36.8 Å². The molecule has 2 N–H and O–H groups in total. The van der Waals surface area contributed by atoms with Gasteiger partial charge in [0.2, 0.25) is 5.91 Å². The van der Waals surface area contributed by atoms with Crippen LogP contribution in [-0.2, 0) is 14.3 Å². The maximum absolute atomic E-state index is 12.8. The Kier molecular flexibility index (Phi) is 7.20. The van der Waals surface area contributed by atoms with Crippen molar-refractivity contribution >= 4 is 18.0 Å². The highest BCUT2D eigenvalue weighted by Crippen LogP contribution is 2.44. The van der Waals surface area contributed by atoms with Crippen molar-refractivity contribution in [2.24, 2.45) is 5.92 Å². The molecule has 2 atom stereocenters. The molecule has 2 unspecified atom stereocenters. The Morgan fingerprint density at radius 3 is 2.15 bits per heavy atom. The Bertz CT molecular complexity index is 1020. The zero-order chi connectivity index (χ0) is 24.2. The fourth-order valence-corrected chi connectivity index (χ4v) is 5.20. The van der Waals surface area contributed by atoms with Gasteiger partial charge in [0.15, 0.2) is 0 Å². The minimum absolute atomic E-state index is 0.0349. The molecule has 2 aliphatic carbocycles. The number of nitrogens with one attached hydrogen (secondary N) is 1. The molecule has 0 heterocycles. The molecule has 0 saturated heterocycles. The Morgan fingerprint density at radius 2 is 1.59 bits per heavy atom. The minimum Gasteiger partial charge on any atom is -0.480 e. The van der Waals surface area contributed by atoms with Gasteiger partial charge in [-0.05, 0) is 47.9 Å². The summed E-state index contributed by atoms with van der Waals surface area (Å²) in [6.45, 7) is 1.69. The van der Waals surface area contributed by atoms with Crippen molar-refractivity contribution in [3.05, 3.63) is 59.7 Å². The maximum atomic E-state index is 12.8. The Hall–Kier alpha value is -3.35. The van der Waals surface area contributed by atoms with Gasteiger partial charge in [0.1, 0.15) is 12.6 Å². The number of aliphatic carboxylic acids is 1. The standard InChI is InChI=1S/C27H32N2O5/c1-17(26(31)32)29(2)25(30)15-24(18-9-3-4-10-18)28-27(33)34-16-23-21-13-7-5-11-19(21)20-12-6-8-14-22(20)23/h5-8,11-14,17-18,23-24H,3-4,9-10,15-16H2,1-2H3,(H,28,33)(H,31,32). The zero-order valence-electron chi connectivity index (χ0n) is 19.7. The first-order chi connectivity index (χ1) is 16.4. The topological polar surface area (TPSA) is 95.9 Å². The number of rotatable bonds is 8. The number of ether oxygens (including phenoxy) is 1. The Morgan fingerprint density at radius 1 is 1.03 bits per heavy atom. The molecule has 0 aromatic heterocycles. The van der Waals surface area contributed by atoms with Crippen LogP contribution in [0.15, 0.2) is 48.5 Å². The number of hydrogen-bond acceptors (Lipinski definition) is 4. The number of alkyl carbamates (subject to hydrolysis) is 1. The molecule has 1 fully saturated rings. The third kappa shape index (κ3) is 4.93. The average Bonchev–Trinajstić information content (AvgIpc) is 3.48. The van der Waals surface area contributed by atoms with Gasteiger partial charge in [-0.2, -0.15) is 0 Å². The number of likely N-dealkylation sites (N-methyl/N-ethyl adjacent to an activating group) is 1. The number of benzene rings is 2. The van der Waals surface area contributed by atoms with Crippen LogP contribution in [0.1, 0.15) is 56.1 Å². The number of fused-ring (bicyclic) bond motifs is 3. The van der Waals surface area contributed by atoms with Crippen LogP contribution >= 0.6 is 0 Å². The van der Waals surface area contributed by atoms with Crippen molar-refractivity contribution in [3.8, 4) is 11.1 Å². The van der Waals surface area contributed by atoms with Gasteiger partial charge in [-0.25, -0.2) is 9.59 Å². The molecule has 0 bridgehead atoms. The first-order valence-electron chi connectivity index (χ1n) is 12.0. The van der Waals surface area contributed by atoms with Gasteiger partial charge in [0, 0.05) is 25.4 Å². The third-order valence-corrected chi connectivity index (χ3v) is 7.34. The fraction of sp³-hybridized carbons (Fsp3) is 0.444. The molecule has 2 aromatic carbocycles. The molecule has 2 aliphatic rings. The van der Waals surface area contributed by atoms with E-state index in [1.165, 1.54) is 18.9 Å². The molecule has 1 saturated carbocycles. The molecule has 7 nitrogen and oxygen atoms in total. The van der Waals surface area contributed by atoms with Crippen molar-refractivity contribution in [2.75, 3.05) is 13.7 Å². The normalized spacial score (nSPS) is 16.9. The Labute approximate surface area is 200 Å². The summed E-state index contributed by atoms with van der Waals surface area (Å²) in [6, 6.07) is 15.0. The van der Waals surface area contributed by atoms with Crippen molar-refractivity contribution in [1.82, 2.24) is 10.2 Å². The highest BCUT2D eigenvalue weighted by atomic mass is 16.5. The van der Waals surface area contributed by atoms with Crippen molar-refractivity contribution in [2.45, 2.75) is 57.0 Å². The van der Waals surface area contributed by atoms with Crippen LogP contribution in [0.2, 0.25) is 0 Å². The quantitative estimate of drug-likeness (QED) is 0.604. The van der Waals surface area contributed by atoms with Crippen LogP contribution in [-0.4, -0.2) is 53.7 Å². The first kappa shape index (κ1) is 23.8. The van der Waals surface area contributed by atoms with E-state index in [9.17, 15) is 19.5 Å². The second-order valence-corrected chi connectivity index (χ2v) is 9.34. The lowest BCUT2D eigenvalue weighted by Gasteiger charge is -2.28. The number of carbonyl (C=O) groups is 3. The Balaban J connectivity index is 1.42. The second-order valence-electron chi connectivity index (χ2n) is 9.34. The van der Waals surface area contributed by atoms with E-state index in [1.54, 1.807) is 0 Å². The summed E-state index contributed by atoms with van der Waals surface area (Å²) >= 11 is 0. The largest absolute Gasteiger partial charge is 0.480 e. The molecule has 34 heavy (non-hydrogen) atoms. The van der Waals surface area contributed by atoms with E-state index in [4.69, 9.17) is 4.74 Å². The number of carbonyl (C=O) groups excluding carboxylic acids is 2. The predicted octanol–water partition coefficient (Wildman–Crippen LogP) is 4.41. The number of carboxylic acid groups (broad SMARTS) is 1. The number of amides is 2. The van der Waals surface area contributed by atoms with Crippen molar-refractivity contribution in [1.29, 1.82) is 0 Å². The van der Waals surface area contributed by atoms with Gasteiger partial charge in [-0.3, -0.25) is 4.79 Å². The fourth-order valence-electron chi connectivity index (χ4n) is 5.20. The van der Waals surface area contributed by atoms with E-state index in [1.807, 2.05) is 24.3 Å². The number of nitrogens with zero attached hydrogens (tertiary/aromatic N) is 1. The van der Waals surface area contributed by atoms with Crippen LogP contribution in [0.25, 0.3) is 11.1 Å². The molecule has 2 aromatic rings. The average molecular weight is 465 g/mol. The minimum atomic E-state index is -1.06. The molecule has 0 radical (unpaired) electrons. The smallest absolute Gasteiger partial charge is 0.407 e. The van der Waals surface area contributed by atoms with Gasteiger partial charge in [0.05, 0.1) is 0 Å². The summed E-state index contributed by atoms with van der Waals surface area (Å²) in [6.07, 6.45) is 3.50. The van der Waals surface area contributed by atoms with Gasteiger partial charge >= 0.3 is 12.1 Å². The van der Waals surface area contributed by atoms with E-state index >= 15 is 0 Å². The lowest BCUT2D eigenvalue weighted by molar-refractivity contribution is -0.148. The van der Waals surface area contributed by atoms with Crippen molar-refractivity contribution in [3.63, 3.8) is 0 Å². The molecule has 0 spiro atoms. The van der Waals surface area contributed by atoms with E-state index < -0.39 is 18.1 Å². The lowest BCUT2D eigenvalue weighted by atomic mass is 9.94. The number of hydrogen-bond donors (Lipinski definition) is 2. The van der Waals surface area contributed by atoms with E-state index in [0.29, 0.717) is 0 Å². The summed E-state index contributed by atoms with van der Waals surface area (Å²) in [5.74, 6) is -1.21. The number of carboxylic acids is 1. The summed E-state index contributed by atoms with van der Waals surface area (Å²) in [5.41, 5.74) is 4.61. The van der Waals surface area contributed by atoms with Crippen LogP contribution < -0.4 is 5.32 Å². The summed E-state index contributed by atoms with van der Waals surface area (Å²) in [5, 5.41) is 12.2. The molecule has 4 rings (SSSR count). The zero-order valence-corrected chi connectivity index (χ0v) is 19.7. The maximum Gasteiger partial charge on any atom is 0.407 e. The second kappa shape index (κ2) is 10.3. The third-order valence-electron chi connectivity index (χ3n) is 7.34. The first-order valence-corrected chi connectivity index (χ1v) is 12.0. The van der Waals surface area contributed by atoms with Gasteiger partial charge in [0.25, 0.3) is 0 Å². The van der Waals surface area contributed by atoms with Gasteiger partial charge in [-0.15, -0.1) is 0 Å². The summed E-state index contributed by atoms with van der Waals surface area (Å²) in [4.78, 5) is 38.1. The highest BCUT2D eigenvalue weighted by Gasteiger charge is 2.33. The monoisotopic (exact) mass is 464 g/mol. The van der Waals surface area contributed by atoms with Crippen LogP contribution in [0.4, 0.5) is 4.79 Å². The van der Waals surface area contributed by atoms with Crippen LogP contribution in [0.3, 0.4) is 0 Å². The molecular formula is C27H32N2O5. The van der Waals surface area contributed by atoms with E-state index in [2.05, 4.69) is 29.6 Å². The van der Waals surface area contributed by atoms with Crippen LogP contribution in [0.5, 0.6) is 0 Å². The van der Waals surface area contributed by atoms with Crippen molar-refractivity contribution < 1.29 is 24.2 Å². The van der Waals surface area contributed by atoms with Gasteiger partial charge < -0.3 is 20.1 Å². The molecule has 180 valence electrons.